The van der Waals surface area contributed by atoms with E-state index in [1.165, 1.54) is 12.2 Å². The minimum Gasteiger partial charge on any atom is -0.370 e. The maximum Gasteiger partial charge on any atom is 0.272 e. The fraction of sp³-hybridized carbons (Fsp3) is 0.0909. The first-order valence-electron chi connectivity index (χ1n) is 5.18. The van der Waals surface area contributed by atoms with Gasteiger partial charge in [0.2, 0.25) is 0 Å². The molecule has 5 N–H and O–H groups in total. The highest BCUT2D eigenvalue weighted by molar-refractivity contribution is 7.85. The Morgan fingerprint density at radius 3 is 2.29 bits per heavy atom. The van der Waals surface area contributed by atoms with Gasteiger partial charge in [-0.05, 0) is 23.8 Å². The molecule has 7 nitrogen and oxygen atoms in total. The van der Waals surface area contributed by atoms with E-state index in [1.54, 1.807) is 18.2 Å². The Hall–Kier alpha value is -1.61. The Morgan fingerprint density at radius 1 is 1.33 bits per heavy atom. The molecule has 0 atom stereocenters. The lowest BCUT2D eigenvalue weighted by molar-refractivity contribution is -0.113. The van der Waals surface area contributed by atoms with Crippen LogP contribution in [0.5, 0.6) is 0 Å². The van der Waals surface area contributed by atoms with E-state index in [-0.39, 0.29) is 5.96 Å². The van der Waals surface area contributed by atoms with Crippen LogP contribution >= 0.6 is 23.2 Å². The summed E-state index contributed by atoms with van der Waals surface area (Å²) in [4.78, 5) is 14.4. The average Bonchev–Trinajstić information content (AvgIpc) is 2.24. The Morgan fingerprint density at radius 2 is 1.86 bits per heavy atom. The molecule has 1 aromatic rings. The van der Waals surface area contributed by atoms with Crippen molar-refractivity contribution in [3.05, 3.63) is 39.9 Å². The van der Waals surface area contributed by atoms with E-state index in [4.69, 9.17) is 39.2 Å². The monoisotopic (exact) mass is 353 g/mol. The van der Waals surface area contributed by atoms with Crippen molar-refractivity contribution in [1.29, 1.82) is 0 Å². The largest absolute Gasteiger partial charge is 0.370 e. The third kappa shape index (κ3) is 11.9. The number of nitrogens with two attached hydrogens (primary N) is 2. The van der Waals surface area contributed by atoms with Crippen molar-refractivity contribution >= 4 is 51.3 Å². The number of aliphatic imine (C=N–C) groups is 1. The SMILES string of the molecule is CS(=O)(=O)O.NC(N)=NC(=O)C=Cc1ccc(Cl)cc1Cl. The van der Waals surface area contributed by atoms with Crippen LogP contribution in [0.25, 0.3) is 6.08 Å². The highest BCUT2D eigenvalue weighted by atomic mass is 35.5. The number of hydrogen-bond donors (Lipinski definition) is 3. The van der Waals surface area contributed by atoms with Gasteiger partial charge in [0, 0.05) is 16.1 Å². The average molecular weight is 354 g/mol. The Bertz CT molecular complexity index is 660. The van der Waals surface area contributed by atoms with E-state index in [1.807, 2.05) is 0 Å². The summed E-state index contributed by atoms with van der Waals surface area (Å²) in [5.74, 6) is -0.831. The van der Waals surface area contributed by atoms with E-state index in [0.717, 1.165) is 0 Å². The zero-order valence-corrected chi connectivity index (χ0v) is 13.2. The number of carbonyl (C=O) groups excluding carboxylic acids is 1. The number of carbonyl (C=O) groups is 1. The summed E-state index contributed by atoms with van der Waals surface area (Å²) in [6.45, 7) is 0. The first-order valence-corrected chi connectivity index (χ1v) is 7.78. The van der Waals surface area contributed by atoms with E-state index < -0.39 is 16.0 Å². The molecule has 0 aromatic heterocycles. The lowest BCUT2D eigenvalue weighted by atomic mass is 10.2. The zero-order valence-electron chi connectivity index (χ0n) is 10.8. The van der Waals surface area contributed by atoms with Gasteiger partial charge in [0.25, 0.3) is 16.0 Å². The molecule has 0 saturated carbocycles. The van der Waals surface area contributed by atoms with Crippen LogP contribution in [0.4, 0.5) is 0 Å². The standard InChI is InChI=1S/C10H9Cl2N3O.CH4O3S/c11-7-3-1-6(8(12)5-7)2-4-9(16)15-10(13)14;1-5(2,3)4/h1-5H,(H4,13,14,15,16);1H3,(H,2,3,4). The van der Waals surface area contributed by atoms with Gasteiger partial charge in [-0.3, -0.25) is 9.35 Å². The van der Waals surface area contributed by atoms with Crippen LogP contribution in [0.1, 0.15) is 5.56 Å². The number of halogens is 2. The first kappa shape index (κ1) is 19.4. The van der Waals surface area contributed by atoms with Crippen molar-refractivity contribution in [2.45, 2.75) is 0 Å². The quantitative estimate of drug-likeness (QED) is 0.317. The highest BCUT2D eigenvalue weighted by Crippen LogP contribution is 2.21. The molecule has 0 bridgehead atoms. The van der Waals surface area contributed by atoms with Crippen molar-refractivity contribution in [2.24, 2.45) is 16.5 Å². The molecule has 0 radical (unpaired) electrons. The Labute approximate surface area is 132 Å². The molecular weight excluding hydrogens is 341 g/mol. The summed E-state index contributed by atoms with van der Waals surface area (Å²) in [7, 11) is -3.67. The molecule has 10 heteroatoms. The number of amides is 1. The van der Waals surface area contributed by atoms with Crippen LogP contribution in [0.15, 0.2) is 29.3 Å². The van der Waals surface area contributed by atoms with Crippen LogP contribution in [0.3, 0.4) is 0 Å². The molecule has 0 aliphatic carbocycles. The lowest BCUT2D eigenvalue weighted by Crippen LogP contribution is -2.23. The number of guanidine groups is 1. The van der Waals surface area contributed by atoms with Gasteiger partial charge in [0.05, 0.1) is 6.26 Å². The van der Waals surface area contributed by atoms with Crippen LogP contribution in [0, 0.1) is 0 Å². The zero-order chi connectivity index (χ0) is 16.6. The smallest absolute Gasteiger partial charge is 0.272 e. The normalized spacial score (nSPS) is 10.7. The van der Waals surface area contributed by atoms with E-state index in [2.05, 4.69) is 4.99 Å². The van der Waals surface area contributed by atoms with Gasteiger partial charge < -0.3 is 11.5 Å². The number of benzene rings is 1. The van der Waals surface area contributed by atoms with Crippen LogP contribution in [-0.4, -0.2) is 31.1 Å². The van der Waals surface area contributed by atoms with Gasteiger partial charge in [-0.2, -0.15) is 13.4 Å². The van der Waals surface area contributed by atoms with E-state index in [0.29, 0.717) is 21.9 Å². The topological polar surface area (TPSA) is 136 Å². The number of hydrogen-bond acceptors (Lipinski definition) is 3. The predicted molar refractivity (Wildman–Crippen MR) is 83.8 cm³/mol. The molecule has 0 spiro atoms. The molecular formula is C11H13Cl2N3O4S. The van der Waals surface area contributed by atoms with Gasteiger partial charge in [-0.15, -0.1) is 0 Å². The van der Waals surface area contributed by atoms with Crippen molar-refractivity contribution in [2.75, 3.05) is 6.26 Å². The van der Waals surface area contributed by atoms with E-state index in [9.17, 15) is 13.2 Å². The van der Waals surface area contributed by atoms with Crippen LogP contribution in [0.2, 0.25) is 10.0 Å². The molecule has 1 amide bonds. The molecule has 1 rings (SSSR count). The summed E-state index contributed by atoms with van der Waals surface area (Å²) in [6, 6.07) is 4.93. The molecule has 0 aliphatic heterocycles. The van der Waals surface area contributed by atoms with Crippen molar-refractivity contribution in [3.8, 4) is 0 Å². The molecule has 0 unspecified atom stereocenters. The van der Waals surface area contributed by atoms with Crippen molar-refractivity contribution in [1.82, 2.24) is 0 Å². The van der Waals surface area contributed by atoms with Gasteiger partial charge >= 0.3 is 0 Å². The molecule has 0 fully saturated rings. The Kier molecular flexibility index (Phi) is 7.97. The molecule has 1 aromatic carbocycles. The number of rotatable bonds is 2. The fourth-order valence-electron chi connectivity index (χ4n) is 0.962. The fourth-order valence-corrected chi connectivity index (χ4v) is 1.43. The second kappa shape index (κ2) is 8.63. The summed E-state index contributed by atoms with van der Waals surface area (Å²) in [6.07, 6.45) is 3.44. The maximum absolute atomic E-state index is 11.1. The van der Waals surface area contributed by atoms with Gasteiger partial charge in [0.1, 0.15) is 0 Å². The van der Waals surface area contributed by atoms with Crippen LogP contribution < -0.4 is 11.5 Å². The predicted octanol–water partition coefficient (Wildman–Crippen LogP) is 1.31. The van der Waals surface area contributed by atoms with Gasteiger partial charge in [-0.25, -0.2) is 0 Å². The second-order valence-electron chi connectivity index (χ2n) is 3.61. The van der Waals surface area contributed by atoms with Gasteiger partial charge in [-0.1, -0.05) is 29.3 Å². The molecule has 0 aliphatic rings. The van der Waals surface area contributed by atoms with Crippen LogP contribution in [-0.2, 0) is 14.9 Å². The third-order valence-corrected chi connectivity index (χ3v) is 2.17. The van der Waals surface area contributed by atoms with Gasteiger partial charge in [0.15, 0.2) is 5.96 Å². The molecule has 21 heavy (non-hydrogen) atoms. The van der Waals surface area contributed by atoms with Crippen molar-refractivity contribution < 1.29 is 17.8 Å². The Balaban J connectivity index is 0.000000690. The summed E-state index contributed by atoms with van der Waals surface area (Å²) < 4.78 is 25.9. The number of nitrogens with zero attached hydrogens (tertiary/aromatic N) is 1. The minimum absolute atomic E-state index is 0.281. The lowest BCUT2D eigenvalue weighted by Gasteiger charge is -1.97. The molecule has 116 valence electrons. The third-order valence-electron chi connectivity index (χ3n) is 1.61. The first-order chi connectivity index (χ1) is 9.49. The highest BCUT2D eigenvalue weighted by Gasteiger charge is 1.98. The second-order valence-corrected chi connectivity index (χ2v) is 5.92. The summed E-state index contributed by atoms with van der Waals surface area (Å²) >= 11 is 11.6. The van der Waals surface area contributed by atoms with Crippen molar-refractivity contribution in [3.63, 3.8) is 0 Å². The molecule has 0 saturated heterocycles. The van der Waals surface area contributed by atoms with E-state index >= 15 is 0 Å². The maximum atomic E-state index is 11.1. The summed E-state index contributed by atoms with van der Waals surface area (Å²) in [5, 5.41) is 0.971. The summed E-state index contributed by atoms with van der Waals surface area (Å²) in [5.41, 5.74) is 10.7. The molecule has 0 heterocycles. The minimum atomic E-state index is -3.67.